The Morgan fingerprint density at radius 1 is 1.15 bits per heavy atom. The topological polar surface area (TPSA) is 54.9 Å². The van der Waals surface area contributed by atoms with Gasteiger partial charge in [-0.15, -0.1) is 0 Å². The molecule has 0 fully saturated rings. The van der Waals surface area contributed by atoms with Crippen LogP contribution in [0.3, 0.4) is 0 Å². The fourth-order valence-corrected chi connectivity index (χ4v) is 3.26. The van der Waals surface area contributed by atoms with Crippen molar-refractivity contribution in [1.29, 1.82) is 0 Å². The molecule has 2 rings (SSSR count). The summed E-state index contributed by atoms with van der Waals surface area (Å²) >= 11 is 5.90. The molecule has 1 heterocycles. The van der Waals surface area contributed by atoms with E-state index in [1.54, 1.807) is 13.3 Å². The second-order valence-electron chi connectivity index (χ2n) is 5.04. The van der Waals surface area contributed by atoms with Crippen molar-refractivity contribution in [3.63, 3.8) is 0 Å². The number of aryl methyl sites for hydroxylation is 1. The number of benzene rings is 1. The molecule has 1 aromatic carbocycles. The van der Waals surface area contributed by atoms with Gasteiger partial charge in [-0.1, -0.05) is 12.1 Å². The van der Waals surface area contributed by atoms with Gasteiger partial charge in [-0.25, -0.2) is 9.97 Å². The fourth-order valence-electron chi connectivity index (χ4n) is 1.89. The fraction of sp³-hybridized carbons (Fsp3) is 0.286. The van der Waals surface area contributed by atoms with Gasteiger partial charge in [-0.05, 0) is 50.9 Å². The molecular formula is C14H17ClN3OP. The van der Waals surface area contributed by atoms with Crippen LogP contribution in [0.4, 0.5) is 11.5 Å². The highest BCUT2D eigenvalue weighted by molar-refractivity contribution is 7.70. The summed E-state index contributed by atoms with van der Waals surface area (Å²) in [6.07, 6.45) is 0. The van der Waals surface area contributed by atoms with Crippen molar-refractivity contribution in [2.45, 2.75) is 13.8 Å². The van der Waals surface area contributed by atoms with E-state index < -0.39 is 7.14 Å². The van der Waals surface area contributed by atoms with Crippen LogP contribution in [-0.2, 0) is 4.57 Å². The monoisotopic (exact) mass is 309 g/mol. The average molecular weight is 310 g/mol. The van der Waals surface area contributed by atoms with Gasteiger partial charge in [0.25, 0.3) is 0 Å². The lowest BCUT2D eigenvalue weighted by Gasteiger charge is -2.16. The number of nitrogens with zero attached hydrogens (tertiary/aromatic N) is 2. The Morgan fingerprint density at radius 3 is 2.45 bits per heavy atom. The molecule has 6 heteroatoms. The maximum atomic E-state index is 12.3. The van der Waals surface area contributed by atoms with Gasteiger partial charge >= 0.3 is 0 Å². The van der Waals surface area contributed by atoms with E-state index in [9.17, 15) is 4.57 Å². The summed E-state index contributed by atoms with van der Waals surface area (Å²) < 4.78 is 12.3. The number of para-hydroxylation sites is 1. The van der Waals surface area contributed by atoms with Gasteiger partial charge in [-0.2, -0.15) is 0 Å². The van der Waals surface area contributed by atoms with Gasteiger partial charge in [0.2, 0.25) is 5.28 Å². The normalized spacial score (nSPS) is 11.4. The van der Waals surface area contributed by atoms with E-state index in [-0.39, 0.29) is 5.28 Å². The molecule has 0 saturated carbocycles. The Balaban J connectivity index is 2.49. The van der Waals surface area contributed by atoms with Crippen molar-refractivity contribution in [2.75, 3.05) is 18.6 Å². The van der Waals surface area contributed by atoms with Crippen LogP contribution in [0, 0.1) is 13.8 Å². The molecule has 106 valence electrons. The molecule has 0 saturated heterocycles. The molecular weight excluding hydrogens is 293 g/mol. The third-order valence-electron chi connectivity index (χ3n) is 3.10. The van der Waals surface area contributed by atoms with Crippen molar-refractivity contribution in [3.8, 4) is 0 Å². The number of anilines is 2. The molecule has 1 N–H and O–H groups in total. The van der Waals surface area contributed by atoms with E-state index in [2.05, 4.69) is 15.3 Å². The van der Waals surface area contributed by atoms with E-state index in [1.165, 1.54) is 0 Å². The quantitative estimate of drug-likeness (QED) is 0.693. The highest BCUT2D eigenvalue weighted by Gasteiger charge is 2.17. The lowest BCUT2D eigenvalue weighted by molar-refractivity contribution is 0.588. The summed E-state index contributed by atoms with van der Waals surface area (Å²) in [6, 6.07) is 7.53. The first-order chi connectivity index (χ1) is 9.29. The summed E-state index contributed by atoms with van der Waals surface area (Å²) in [5.74, 6) is 0.642. The van der Waals surface area contributed by atoms with E-state index in [0.29, 0.717) is 5.82 Å². The van der Waals surface area contributed by atoms with Crippen LogP contribution < -0.4 is 10.6 Å². The average Bonchev–Trinajstić information content (AvgIpc) is 2.34. The zero-order valence-corrected chi connectivity index (χ0v) is 13.6. The highest BCUT2D eigenvalue weighted by Crippen LogP contribution is 2.38. The van der Waals surface area contributed by atoms with E-state index in [0.717, 1.165) is 22.2 Å². The van der Waals surface area contributed by atoms with E-state index >= 15 is 0 Å². The van der Waals surface area contributed by atoms with Gasteiger partial charge in [0, 0.05) is 16.6 Å². The predicted octanol–water partition coefficient (Wildman–Crippen LogP) is 3.74. The molecule has 0 aliphatic heterocycles. The van der Waals surface area contributed by atoms with Gasteiger partial charge < -0.3 is 9.88 Å². The van der Waals surface area contributed by atoms with Crippen LogP contribution in [0.5, 0.6) is 0 Å². The number of hydrogen-bond acceptors (Lipinski definition) is 4. The second-order valence-corrected chi connectivity index (χ2v) is 8.57. The summed E-state index contributed by atoms with van der Waals surface area (Å²) in [7, 11) is -2.37. The van der Waals surface area contributed by atoms with Crippen LogP contribution >= 0.6 is 18.7 Å². The molecule has 0 radical (unpaired) electrons. The minimum absolute atomic E-state index is 0.198. The molecule has 0 aliphatic carbocycles. The van der Waals surface area contributed by atoms with E-state index in [1.807, 2.05) is 38.1 Å². The molecule has 2 aromatic rings. The van der Waals surface area contributed by atoms with Crippen LogP contribution in [0.1, 0.15) is 11.3 Å². The maximum Gasteiger partial charge on any atom is 0.224 e. The molecule has 0 bridgehead atoms. The Morgan fingerprint density at radius 2 is 1.80 bits per heavy atom. The van der Waals surface area contributed by atoms with Crippen molar-refractivity contribution >= 4 is 35.6 Å². The Bertz CT molecular complexity index is 697. The maximum absolute atomic E-state index is 12.3. The zero-order chi connectivity index (χ0) is 14.9. The molecule has 4 nitrogen and oxygen atoms in total. The molecule has 0 aliphatic rings. The first-order valence-electron chi connectivity index (χ1n) is 6.21. The molecule has 0 spiro atoms. The lowest BCUT2D eigenvalue weighted by Crippen LogP contribution is -2.11. The van der Waals surface area contributed by atoms with Gasteiger partial charge in [0.1, 0.15) is 13.0 Å². The van der Waals surface area contributed by atoms with Crippen LogP contribution in [0.15, 0.2) is 24.3 Å². The molecule has 20 heavy (non-hydrogen) atoms. The van der Waals surface area contributed by atoms with Gasteiger partial charge in [-0.3, -0.25) is 0 Å². The minimum Gasteiger partial charge on any atom is -0.339 e. The molecule has 0 amide bonds. The van der Waals surface area contributed by atoms with Gasteiger partial charge in [0.05, 0.1) is 5.69 Å². The molecule has 0 atom stereocenters. The summed E-state index contributed by atoms with van der Waals surface area (Å²) in [6.45, 7) is 7.30. The number of halogens is 1. The Hall–Kier alpha value is -1.38. The predicted molar refractivity (Wildman–Crippen MR) is 85.3 cm³/mol. The van der Waals surface area contributed by atoms with Crippen LogP contribution in [-0.4, -0.2) is 23.3 Å². The summed E-state index contributed by atoms with van der Waals surface area (Å²) in [5, 5.41) is 4.22. The lowest BCUT2D eigenvalue weighted by atomic mass is 10.2. The summed E-state index contributed by atoms with van der Waals surface area (Å²) in [4.78, 5) is 8.31. The second kappa shape index (κ2) is 5.55. The standard InChI is InChI=1S/C14H17ClN3OP/c1-9-10(2)16-14(15)18-13(9)17-11-7-5-6-8-12(11)20(3,4)19/h5-8H,1-4H3,(H,16,17,18). The van der Waals surface area contributed by atoms with Crippen molar-refractivity contribution < 1.29 is 4.57 Å². The molecule has 1 aromatic heterocycles. The number of hydrogen-bond donors (Lipinski definition) is 1. The zero-order valence-electron chi connectivity index (χ0n) is 11.9. The van der Waals surface area contributed by atoms with Crippen molar-refractivity contribution in [1.82, 2.24) is 9.97 Å². The van der Waals surface area contributed by atoms with Crippen molar-refractivity contribution in [3.05, 3.63) is 40.8 Å². The Kier molecular flexibility index (Phi) is 4.17. The Labute approximate surface area is 124 Å². The third-order valence-corrected chi connectivity index (χ3v) is 4.82. The van der Waals surface area contributed by atoms with Crippen LogP contribution in [0.25, 0.3) is 0 Å². The van der Waals surface area contributed by atoms with Crippen molar-refractivity contribution in [2.24, 2.45) is 0 Å². The largest absolute Gasteiger partial charge is 0.339 e. The smallest absolute Gasteiger partial charge is 0.224 e. The van der Waals surface area contributed by atoms with E-state index in [4.69, 9.17) is 11.6 Å². The number of nitrogens with one attached hydrogen (secondary N) is 1. The number of aromatic nitrogens is 2. The summed E-state index contributed by atoms with van der Waals surface area (Å²) in [5.41, 5.74) is 2.53. The van der Waals surface area contributed by atoms with Crippen LogP contribution in [0.2, 0.25) is 5.28 Å². The first-order valence-corrected chi connectivity index (χ1v) is 9.19. The molecule has 0 unspecified atom stereocenters. The SMILES string of the molecule is Cc1nc(Cl)nc(Nc2ccccc2P(C)(C)=O)c1C. The first kappa shape index (κ1) is 15.0. The highest BCUT2D eigenvalue weighted by atomic mass is 35.5. The number of rotatable bonds is 3. The third kappa shape index (κ3) is 3.20. The van der Waals surface area contributed by atoms with Gasteiger partial charge in [0.15, 0.2) is 0 Å². The minimum atomic E-state index is -2.37.